The fourth-order valence-corrected chi connectivity index (χ4v) is 3.08. The molecule has 1 aliphatic rings. The summed E-state index contributed by atoms with van der Waals surface area (Å²) in [5.74, 6) is -0.506. The standard InChI is InChI=1S/C16H15FIN3O2/c17-12-8-19-16(20-9-12)23-14-5-2-6-21(10-14)15(22)11-3-1-4-13(18)7-11/h1,3-4,7-9,14H,2,5-6,10H2. The summed E-state index contributed by atoms with van der Waals surface area (Å²) in [5, 5.41) is 0. The maximum absolute atomic E-state index is 12.8. The van der Waals surface area contributed by atoms with Crippen LogP contribution in [0, 0.1) is 9.39 Å². The van der Waals surface area contributed by atoms with Crippen molar-refractivity contribution in [2.75, 3.05) is 13.1 Å². The fourth-order valence-electron chi connectivity index (χ4n) is 2.53. The van der Waals surface area contributed by atoms with Crippen LogP contribution < -0.4 is 4.74 Å². The van der Waals surface area contributed by atoms with E-state index in [4.69, 9.17) is 4.74 Å². The van der Waals surface area contributed by atoms with E-state index in [1.54, 1.807) is 4.90 Å². The van der Waals surface area contributed by atoms with Crippen LogP contribution in [0.4, 0.5) is 4.39 Å². The first kappa shape index (κ1) is 16.1. The first-order chi connectivity index (χ1) is 11.1. The summed E-state index contributed by atoms with van der Waals surface area (Å²) in [6.45, 7) is 1.18. The number of benzene rings is 1. The van der Waals surface area contributed by atoms with Crippen LogP contribution in [0.2, 0.25) is 0 Å². The van der Waals surface area contributed by atoms with Crippen LogP contribution in [0.5, 0.6) is 6.01 Å². The molecule has 0 aliphatic carbocycles. The second kappa shape index (κ2) is 7.20. The number of carbonyl (C=O) groups excluding carboxylic acids is 1. The molecule has 0 bridgehead atoms. The lowest BCUT2D eigenvalue weighted by molar-refractivity contribution is 0.0515. The van der Waals surface area contributed by atoms with Gasteiger partial charge in [-0.05, 0) is 53.6 Å². The summed E-state index contributed by atoms with van der Waals surface area (Å²) in [6.07, 6.45) is 3.62. The third kappa shape index (κ3) is 4.15. The zero-order chi connectivity index (χ0) is 16.2. The number of hydrogen-bond donors (Lipinski definition) is 0. The smallest absolute Gasteiger partial charge is 0.316 e. The van der Waals surface area contributed by atoms with Crippen LogP contribution in [0.1, 0.15) is 23.2 Å². The van der Waals surface area contributed by atoms with E-state index in [0.29, 0.717) is 18.7 Å². The largest absolute Gasteiger partial charge is 0.458 e. The zero-order valence-corrected chi connectivity index (χ0v) is 14.4. The highest BCUT2D eigenvalue weighted by atomic mass is 127. The second-order valence-electron chi connectivity index (χ2n) is 5.33. The van der Waals surface area contributed by atoms with Gasteiger partial charge in [-0.25, -0.2) is 14.4 Å². The van der Waals surface area contributed by atoms with Gasteiger partial charge in [0, 0.05) is 15.7 Å². The Labute approximate surface area is 147 Å². The van der Waals surface area contributed by atoms with Gasteiger partial charge in [0.15, 0.2) is 5.82 Å². The van der Waals surface area contributed by atoms with Crippen LogP contribution in [0.3, 0.4) is 0 Å². The van der Waals surface area contributed by atoms with Crippen LogP contribution in [-0.2, 0) is 0 Å². The maximum atomic E-state index is 12.8. The van der Waals surface area contributed by atoms with Crippen molar-refractivity contribution in [1.82, 2.24) is 14.9 Å². The van der Waals surface area contributed by atoms with Gasteiger partial charge < -0.3 is 9.64 Å². The second-order valence-corrected chi connectivity index (χ2v) is 6.57. The summed E-state index contributed by atoms with van der Waals surface area (Å²) < 4.78 is 19.5. The van der Waals surface area contributed by atoms with E-state index in [-0.39, 0.29) is 18.0 Å². The number of hydrogen-bond acceptors (Lipinski definition) is 4. The molecule has 1 aromatic carbocycles. The number of piperidine rings is 1. The molecule has 1 amide bonds. The van der Waals surface area contributed by atoms with Crippen LogP contribution in [0.15, 0.2) is 36.7 Å². The quantitative estimate of drug-likeness (QED) is 0.708. The lowest BCUT2D eigenvalue weighted by Gasteiger charge is -2.32. The number of aromatic nitrogens is 2. The third-order valence-electron chi connectivity index (χ3n) is 3.61. The van der Waals surface area contributed by atoms with E-state index in [1.807, 2.05) is 24.3 Å². The van der Waals surface area contributed by atoms with E-state index in [9.17, 15) is 9.18 Å². The normalized spacial score (nSPS) is 17.8. The molecular formula is C16H15FIN3O2. The molecule has 23 heavy (non-hydrogen) atoms. The highest BCUT2D eigenvalue weighted by molar-refractivity contribution is 14.1. The highest BCUT2D eigenvalue weighted by Gasteiger charge is 2.26. The molecule has 5 nitrogen and oxygen atoms in total. The van der Waals surface area contributed by atoms with Crippen LogP contribution >= 0.6 is 22.6 Å². The average Bonchev–Trinajstić information content (AvgIpc) is 2.56. The van der Waals surface area contributed by atoms with Gasteiger partial charge in [0.25, 0.3) is 5.91 Å². The van der Waals surface area contributed by atoms with Gasteiger partial charge in [-0.15, -0.1) is 0 Å². The highest BCUT2D eigenvalue weighted by Crippen LogP contribution is 2.18. The van der Waals surface area contributed by atoms with E-state index < -0.39 is 5.82 Å². The van der Waals surface area contributed by atoms with Crippen molar-refractivity contribution in [2.45, 2.75) is 18.9 Å². The molecule has 120 valence electrons. The van der Waals surface area contributed by atoms with Crippen molar-refractivity contribution >= 4 is 28.5 Å². The molecule has 1 aliphatic heterocycles. The van der Waals surface area contributed by atoms with E-state index in [0.717, 1.165) is 28.8 Å². The number of carbonyl (C=O) groups is 1. The molecule has 2 aromatic rings. The van der Waals surface area contributed by atoms with Gasteiger partial charge in [0.1, 0.15) is 6.10 Å². The van der Waals surface area contributed by atoms with Crippen LogP contribution in [-0.4, -0.2) is 40.0 Å². The van der Waals surface area contributed by atoms with Gasteiger partial charge in [0.2, 0.25) is 0 Å². The Hall–Kier alpha value is -1.77. The molecule has 1 saturated heterocycles. The first-order valence-corrected chi connectivity index (χ1v) is 8.39. The molecule has 0 N–H and O–H groups in total. The summed E-state index contributed by atoms with van der Waals surface area (Å²) in [6, 6.07) is 7.65. The molecule has 1 fully saturated rings. The number of nitrogens with zero attached hydrogens (tertiary/aromatic N) is 3. The van der Waals surface area contributed by atoms with Gasteiger partial charge in [0.05, 0.1) is 18.9 Å². The molecule has 1 unspecified atom stereocenters. The summed E-state index contributed by atoms with van der Waals surface area (Å²) in [5.41, 5.74) is 0.676. The minimum absolute atomic E-state index is 0.00293. The van der Waals surface area contributed by atoms with E-state index in [2.05, 4.69) is 32.6 Å². The Morgan fingerprint density at radius 3 is 2.87 bits per heavy atom. The minimum Gasteiger partial charge on any atom is -0.458 e. The third-order valence-corrected chi connectivity index (χ3v) is 4.28. The van der Waals surface area contributed by atoms with E-state index in [1.165, 1.54) is 0 Å². The Balaban J connectivity index is 1.66. The number of amides is 1. The van der Waals surface area contributed by atoms with Gasteiger partial charge in [-0.2, -0.15) is 0 Å². The van der Waals surface area contributed by atoms with Gasteiger partial charge >= 0.3 is 6.01 Å². The zero-order valence-electron chi connectivity index (χ0n) is 12.3. The maximum Gasteiger partial charge on any atom is 0.316 e. The number of rotatable bonds is 3. The predicted molar refractivity (Wildman–Crippen MR) is 90.7 cm³/mol. The summed E-state index contributed by atoms with van der Waals surface area (Å²) in [4.78, 5) is 22.0. The molecular weight excluding hydrogens is 412 g/mol. The molecule has 0 spiro atoms. The lowest BCUT2D eigenvalue weighted by atomic mass is 10.1. The van der Waals surface area contributed by atoms with Crippen molar-refractivity contribution in [1.29, 1.82) is 0 Å². The number of likely N-dealkylation sites (tertiary alicyclic amines) is 1. The summed E-state index contributed by atoms with van der Waals surface area (Å²) >= 11 is 2.19. The Morgan fingerprint density at radius 2 is 2.13 bits per heavy atom. The monoisotopic (exact) mass is 427 g/mol. The van der Waals surface area contributed by atoms with Crippen LogP contribution in [0.25, 0.3) is 0 Å². The minimum atomic E-state index is -0.503. The van der Waals surface area contributed by atoms with Crippen molar-refractivity contribution < 1.29 is 13.9 Å². The van der Waals surface area contributed by atoms with Crippen molar-refractivity contribution in [2.24, 2.45) is 0 Å². The topological polar surface area (TPSA) is 55.3 Å². The average molecular weight is 427 g/mol. The first-order valence-electron chi connectivity index (χ1n) is 7.31. The Bertz CT molecular complexity index is 696. The molecule has 1 aromatic heterocycles. The molecule has 7 heteroatoms. The number of halogens is 2. The van der Waals surface area contributed by atoms with Crippen molar-refractivity contribution in [3.8, 4) is 6.01 Å². The number of ether oxygens (including phenoxy) is 1. The lowest BCUT2D eigenvalue weighted by Crippen LogP contribution is -2.44. The summed E-state index contributed by atoms with van der Waals surface area (Å²) in [7, 11) is 0. The van der Waals surface area contributed by atoms with Gasteiger partial charge in [-0.1, -0.05) is 6.07 Å². The SMILES string of the molecule is O=C(c1cccc(I)c1)N1CCCC(Oc2ncc(F)cn2)C1. The van der Waals surface area contributed by atoms with Crippen molar-refractivity contribution in [3.05, 3.63) is 51.6 Å². The van der Waals surface area contributed by atoms with Gasteiger partial charge in [-0.3, -0.25) is 4.79 Å². The van der Waals surface area contributed by atoms with Crippen molar-refractivity contribution in [3.63, 3.8) is 0 Å². The Kier molecular flexibility index (Phi) is 5.04. The molecule has 0 saturated carbocycles. The Morgan fingerprint density at radius 1 is 1.35 bits per heavy atom. The molecule has 3 rings (SSSR count). The predicted octanol–water partition coefficient (Wildman–Crippen LogP) is 2.90. The molecule has 2 heterocycles. The molecule has 1 atom stereocenters. The molecule has 0 radical (unpaired) electrons. The fraction of sp³-hybridized carbons (Fsp3) is 0.312. The van der Waals surface area contributed by atoms with E-state index >= 15 is 0 Å².